The number of thioether (sulfide) groups is 1. The number of nitriles is 1. The highest BCUT2D eigenvalue weighted by Crippen LogP contribution is 2.23. The molecule has 11 heteroatoms. The summed E-state index contributed by atoms with van der Waals surface area (Å²) < 4.78 is 10.2. The van der Waals surface area contributed by atoms with Crippen molar-refractivity contribution in [1.29, 1.82) is 5.26 Å². The van der Waals surface area contributed by atoms with Crippen LogP contribution in [-0.2, 0) is 23.9 Å². The number of carbonyl (C=O) groups excluding carboxylic acids is 4. The number of esters is 1. The van der Waals surface area contributed by atoms with Crippen molar-refractivity contribution in [2.24, 2.45) is 0 Å². The quantitative estimate of drug-likeness (QED) is 0.299. The van der Waals surface area contributed by atoms with Crippen molar-refractivity contribution >= 4 is 35.6 Å². The summed E-state index contributed by atoms with van der Waals surface area (Å²) in [6.45, 7) is 6.65. The van der Waals surface area contributed by atoms with Crippen LogP contribution in [0.5, 0.6) is 0 Å². The lowest BCUT2D eigenvalue weighted by atomic mass is 10.0. The van der Waals surface area contributed by atoms with Gasteiger partial charge in [-0.15, -0.1) is 0 Å². The molecule has 0 saturated heterocycles. The number of hydrogen-bond donors (Lipinski definition) is 2. The van der Waals surface area contributed by atoms with E-state index >= 15 is 0 Å². The molecule has 0 saturated carbocycles. The second kappa shape index (κ2) is 15.7. The molecule has 36 heavy (non-hydrogen) atoms. The average molecular weight is 521 g/mol. The minimum absolute atomic E-state index is 0.00163. The summed E-state index contributed by atoms with van der Waals surface area (Å²) >= 11 is 1.49. The molecule has 1 rings (SSSR count). The molecule has 0 fully saturated rings. The molecule has 1 aromatic rings. The molecule has 1 aromatic carbocycles. The Hall–Kier alpha value is -3.26. The maximum atomic E-state index is 13.7. The van der Waals surface area contributed by atoms with Gasteiger partial charge in [0, 0.05) is 6.54 Å². The van der Waals surface area contributed by atoms with Crippen LogP contribution in [0.15, 0.2) is 30.3 Å². The highest BCUT2D eigenvalue weighted by atomic mass is 32.2. The van der Waals surface area contributed by atoms with Crippen LogP contribution >= 0.6 is 11.8 Å². The summed E-state index contributed by atoms with van der Waals surface area (Å²) in [5.41, 5.74) is -0.287. The van der Waals surface area contributed by atoms with Crippen molar-refractivity contribution in [2.45, 2.75) is 58.2 Å². The van der Waals surface area contributed by atoms with Crippen molar-refractivity contribution in [2.75, 3.05) is 31.7 Å². The molecule has 3 amide bonds. The molecule has 0 aliphatic carbocycles. The average Bonchev–Trinajstić information content (AvgIpc) is 2.80. The zero-order valence-electron chi connectivity index (χ0n) is 21.5. The van der Waals surface area contributed by atoms with Gasteiger partial charge in [-0.05, 0) is 51.7 Å². The van der Waals surface area contributed by atoms with Crippen LogP contribution < -0.4 is 10.6 Å². The van der Waals surface area contributed by atoms with Gasteiger partial charge in [0.2, 0.25) is 11.8 Å². The summed E-state index contributed by atoms with van der Waals surface area (Å²) in [4.78, 5) is 52.2. The van der Waals surface area contributed by atoms with E-state index in [2.05, 4.69) is 10.6 Å². The number of amides is 3. The Morgan fingerprint density at radius 2 is 1.83 bits per heavy atom. The molecular formula is C25H36N4O6S. The first-order valence-corrected chi connectivity index (χ1v) is 13.1. The van der Waals surface area contributed by atoms with Gasteiger partial charge >= 0.3 is 12.1 Å². The third-order valence-electron chi connectivity index (χ3n) is 4.73. The predicted molar refractivity (Wildman–Crippen MR) is 137 cm³/mol. The molecule has 2 unspecified atom stereocenters. The standard InChI is InChI=1S/C25H36N4O6S/c1-6-34-20(30)12-15-27-22(31)21(18-10-8-7-9-11-18)29(16-14-26)23(32)19(13-17-36-5)28-24(33)35-25(2,3)4/h7-11,19,21H,6,12-13,15-17H2,1-5H3,(H,27,31)(H,28,33). The molecule has 0 aliphatic heterocycles. The summed E-state index contributed by atoms with van der Waals surface area (Å²) in [5.74, 6) is -1.06. The van der Waals surface area contributed by atoms with Crippen molar-refractivity contribution in [3.63, 3.8) is 0 Å². The Labute approximate surface area is 217 Å². The monoisotopic (exact) mass is 520 g/mol. The van der Waals surface area contributed by atoms with Gasteiger partial charge in [-0.2, -0.15) is 17.0 Å². The summed E-state index contributed by atoms with van der Waals surface area (Å²) in [5, 5.41) is 14.8. The Bertz CT molecular complexity index is 913. The fourth-order valence-electron chi connectivity index (χ4n) is 3.24. The molecule has 2 N–H and O–H groups in total. The third kappa shape index (κ3) is 11.0. The van der Waals surface area contributed by atoms with Crippen molar-refractivity contribution < 1.29 is 28.7 Å². The van der Waals surface area contributed by atoms with E-state index in [1.165, 1.54) is 11.8 Å². The third-order valence-corrected chi connectivity index (χ3v) is 5.38. The Morgan fingerprint density at radius 3 is 2.39 bits per heavy atom. The van der Waals surface area contributed by atoms with Crippen molar-refractivity contribution in [1.82, 2.24) is 15.5 Å². The van der Waals surface area contributed by atoms with E-state index in [1.54, 1.807) is 58.0 Å². The summed E-state index contributed by atoms with van der Waals surface area (Å²) in [6.07, 6.45) is 1.33. The Balaban J connectivity index is 3.25. The van der Waals surface area contributed by atoms with Gasteiger partial charge in [0.25, 0.3) is 0 Å². The lowest BCUT2D eigenvalue weighted by Gasteiger charge is -2.33. The van der Waals surface area contributed by atoms with Crippen LogP contribution in [-0.4, -0.2) is 72.1 Å². The number of nitrogens with one attached hydrogen (secondary N) is 2. The SMILES string of the molecule is CCOC(=O)CCNC(=O)C(c1ccccc1)N(CC#N)C(=O)C(CCSC)NC(=O)OC(C)(C)C. The van der Waals surface area contributed by atoms with Crippen LogP contribution in [0, 0.1) is 11.3 Å². The minimum atomic E-state index is -1.15. The first-order chi connectivity index (χ1) is 17.0. The molecule has 198 valence electrons. The minimum Gasteiger partial charge on any atom is -0.466 e. The predicted octanol–water partition coefficient (Wildman–Crippen LogP) is 2.80. The lowest BCUT2D eigenvalue weighted by molar-refractivity contribution is -0.144. The smallest absolute Gasteiger partial charge is 0.408 e. The van der Waals surface area contributed by atoms with Crippen molar-refractivity contribution in [3.05, 3.63) is 35.9 Å². The van der Waals surface area contributed by atoms with Crippen LogP contribution in [0.3, 0.4) is 0 Å². The van der Waals surface area contributed by atoms with Crippen LogP contribution in [0.1, 0.15) is 52.1 Å². The Morgan fingerprint density at radius 1 is 1.17 bits per heavy atom. The second-order valence-electron chi connectivity index (χ2n) is 8.76. The van der Waals surface area contributed by atoms with Gasteiger partial charge in [0.1, 0.15) is 24.2 Å². The number of nitrogens with zero attached hydrogens (tertiary/aromatic N) is 2. The number of alkyl carbamates (subject to hydrolysis) is 1. The summed E-state index contributed by atoms with van der Waals surface area (Å²) in [7, 11) is 0. The van der Waals surface area contributed by atoms with Crippen LogP contribution in [0.25, 0.3) is 0 Å². The van der Waals surface area contributed by atoms with Gasteiger partial charge in [0.05, 0.1) is 19.1 Å². The molecule has 0 heterocycles. The van der Waals surface area contributed by atoms with E-state index < -0.39 is 48.1 Å². The fourth-order valence-corrected chi connectivity index (χ4v) is 3.71. The Kier molecular flexibility index (Phi) is 13.4. The molecule has 2 atom stereocenters. The molecule has 0 spiro atoms. The topological polar surface area (TPSA) is 138 Å². The number of benzene rings is 1. The number of carbonyl (C=O) groups is 4. The van der Waals surface area contributed by atoms with Gasteiger partial charge < -0.3 is 25.0 Å². The zero-order valence-corrected chi connectivity index (χ0v) is 22.4. The van der Waals surface area contributed by atoms with Crippen LogP contribution in [0.2, 0.25) is 0 Å². The van der Waals surface area contributed by atoms with Crippen LogP contribution in [0.4, 0.5) is 4.79 Å². The zero-order chi connectivity index (χ0) is 27.1. The molecule has 0 aromatic heterocycles. The first-order valence-electron chi connectivity index (χ1n) is 11.7. The number of rotatable bonds is 13. The van der Waals surface area contributed by atoms with Gasteiger partial charge in [0.15, 0.2) is 0 Å². The molecule has 0 bridgehead atoms. The molecule has 0 aliphatic rings. The van der Waals surface area contributed by atoms with Crippen molar-refractivity contribution in [3.8, 4) is 6.07 Å². The normalized spacial score (nSPS) is 12.4. The first kappa shape index (κ1) is 30.8. The lowest BCUT2D eigenvalue weighted by Crippen LogP contribution is -2.53. The fraction of sp³-hybridized carbons (Fsp3) is 0.560. The number of ether oxygens (including phenoxy) is 2. The van der Waals surface area contributed by atoms with Gasteiger partial charge in [-0.3, -0.25) is 14.4 Å². The van der Waals surface area contributed by atoms with E-state index in [4.69, 9.17) is 9.47 Å². The maximum Gasteiger partial charge on any atom is 0.408 e. The highest BCUT2D eigenvalue weighted by Gasteiger charge is 2.36. The number of hydrogen-bond acceptors (Lipinski definition) is 8. The van der Waals surface area contributed by atoms with E-state index in [9.17, 15) is 24.4 Å². The molecular weight excluding hydrogens is 484 g/mol. The van der Waals surface area contributed by atoms with E-state index in [-0.39, 0.29) is 26.0 Å². The van der Waals surface area contributed by atoms with Gasteiger partial charge in [-0.25, -0.2) is 4.79 Å². The molecule has 10 nitrogen and oxygen atoms in total. The largest absolute Gasteiger partial charge is 0.466 e. The molecule has 0 radical (unpaired) electrons. The van der Waals surface area contributed by atoms with E-state index in [1.807, 2.05) is 12.3 Å². The van der Waals surface area contributed by atoms with Gasteiger partial charge in [-0.1, -0.05) is 30.3 Å². The maximum absolute atomic E-state index is 13.7. The highest BCUT2D eigenvalue weighted by molar-refractivity contribution is 7.98. The second-order valence-corrected chi connectivity index (χ2v) is 9.75. The van der Waals surface area contributed by atoms with E-state index in [0.717, 1.165) is 4.90 Å². The summed E-state index contributed by atoms with van der Waals surface area (Å²) in [6, 6.07) is 8.32. The van der Waals surface area contributed by atoms with E-state index in [0.29, 0.717) is 11.3 Å².